The van der Waals surface area contributed by atoms with Gasteiger partial charge in [-0.15, -0.1) is 0 Å². The number of urea groups is 1. The standard InChI is InChI=1S/C23H27FN6O2S/c24-19-3-1-18(2-4-19)20-13-28-22(33-20)29-21-12-16(5-7-26-21)11-17-14-30(9-10-32-15-17)23(31)27-8-6-25/h1-5,7,12-13,17H,6,8-11,14-15,25H2,(H,27,31)(H,26,28,29). The molecule has 0 bridgehead atoms. The summed E-state index contributed by atoms with van der Waals surface area (Å²) in [4.78, 5) is 23.9. The highest BCUT2D eigenvalue weighted by atomic mass is 32.1. The number of nitrogens with two attached hydrogens (primary N) is 1. The molecule has 3 heterocycles. The van der Waals surface area contributed by atoms with Crippen LogP contribution in [-0.2, 0) is 11.2 Å². The number of benzene rings is 1. The lowest BCUT2D eigenvalue weighted by Crippen LogP contribution is -2.44. The third-order valence-electron chi connectivity index (χ3n) is 5.26. The summed E-state index contributed by atoms with van der Waals surface area (Å²) in [6.45, 7) is 3.18. The molecule has 1 unspecified atom stereocenters. The van der Waals surface area contributed by atoms with E-state index in [9.17, 15) is 9.18 Å². The van der Waals surface area contributed by atoms with Crippen LogP contribution in [0.15, 0.2) is 48.8 Å². The van der Waals surface area contributed by atoms with Crippen LogP contribution in [0, 0.1) is 11.7 Å². The van der Waals surface area contributed by atoms with E-state index in [0.717, 1.165) is 22.4 Å². The SMILES string of the molecule is NCCNC(=O)N1CCOCC(Cc2ccnc(Nc3ncc(-c4ccc(F)cc4)s3)c2)C1. The number of halogens is 1. The van der Waals surface area contributed by atoms with Crippen LogP contribution in [-0.4, -0.2) is 60.3 Å². The zero-order valence-corrected chi connectivity index (χ0v) is 19.0. The predicted molar refractivity (Wildman–Crippen MR) is 127 cm³/mol. The van der Waals surface area contributed by atoms with Crippen molar-refractivity contribution < 1.29 is 13.9 Å². The van der Waals surface area contributed by atoms with Gasteiger partial charge in [-0.05, 0) is 41.8 Å². The van der Waals surface area contributed by atoms with Crippen LogP contribution in [0.25, 0.3) is 10.4 Å². The van der Waals surface area contributed by atoms with Crippen molar-refractivity contribution in [2.24, 2.45) is 11.7 Å². The number of carbonyl (C=O) groups excluding carboxylic acids is 1. The number of hydrogen-bond acceptors (Lipinski definition) is 7. The van der Waals surface area contributed by atoms with Gasteiger partial charge in [0, 0.05) is 44.5 Å². The molecule has 8 nitrogen and oxygen atoms in total. The fraction of sp³-hybridized carbons (Fsp3) is 0.348. The van der Waals surface area contributed by atoms with Crippen LogP contribution in [0.1, 0.15) is 5.56 Å². The zero-order valence-electron chi connectivity index (χ0n) is 18.2. The third kappa shape index (κ3) is 6.47. The summed E-state index contributed by atoms with van der Waals surface area (Å²) in [5, 5.41) is 6.79. The number of pyridine rings is 1. The topological polar surface area (TPSA) is 105 Å². The average molecular weight is 471 g/mol. The summed E-state index contributed by atoms with van der Waals surface area (Å²) in [5.74, 6) is 0.608. The van der Waals surface area contributed by atoms with Crippen LogP contribution in [0.5, 0.6) is 0 Å². The van der Waals surface area contributed by atoms with Gasteiger partial charge in [0.15, 0.2) is 5.13 Å². The van der Waals surface area contributed by atoms with E-state index in [2.05, 4.69) is 20.6 Å². The number of carbonyl (C=O) groups is 1. The molecule has 4 rings (SSSR count). The Bertz CT molecular complexity index is 1060. The van der Waals surface area contributed by atoms with Crippen molar-refractivity contribution in [1.29, 1.82) is 0 Å². The van der Waals surface area contributed by atoms with Crippen LogP contribution in [0.4, 0.5) is 20.1 Å². The second-order valence-corrected chi connectivity index (χ2v) is 8.85. The van der Waals surface area contributed by atoms with E-state index < -0.39 is 0 Å². The van der Waals surface area contributed by atoms with Crippen molar-refractivity contribution in [2.75, 3.05) is 44.7 Å². The molecule has 1 aliphatic rings. The molecule has 0 radical (unpaired) electrons. The van der Waals surface area contributed by atoms with E-state index >= 15 is 0 Å². The number of anilines is 2. The maximum absolute atomic E-state index is 13.2. The van der Waals surface area contributed by atoms with Crippen LogP contribution in [0.2, 0.25) is 0 Å². The van der Waals surface area contributed by atoms with Gasteiger partial charge in [0.25, 0.3) is 0 Å². The molecule has 1 aliphatic heterocycles. The van der Waals surface area contributed by atoms with Gasteiger partial charge in [0.05, 0.1) is 18.1 Å². The Labute approximate surface area is 196 Å². The van der Waals surface area contributed by atoms with E-state index in [0.29, 0.717) is 50.3 Å². The van der Waals surface area contributed by atoms with E-state index in [1.807, 2.05) is 12.1 Å². The maximum Gasteiger partial charge on any atom is 0.317 e. The largest absolute Gasteiger partial charge is 0.379 e. The summed E-state index contributed by atoms with van der Waals surface area (Å²) in [7, 11) is 0. The molecule has 2 aromatic heterocycles. The lowest BCUT2D eigenvalue weighted by molar-refractivity contribution is 0.122. The minimum absolute atomic E-state index is 0.103. The first-order valence-electron chi connectivity index (χ1n) is 10.8. The highest BCUT2D eigenvalue weighted by Crippen LogP contribution is 2.30. The highest BCUT2D eigenvalue weighted by Gasteiger charge is 2.22. The second-order valence-electron chi connectivity index (χ2n) is 7.82. The fourth-order valence-corrected chi connectivity index (χ4v) is 4.50. The molecule has 33 heavy (non-hydrogen) atoms. The van der Waals surface area contributed by atoms with Gasteiger partial charge in [0.1, 0.15) is 11.6 Å². The molecule has 0 spiro atoms. The summed E-state index contributed by atoms with van der Waals surface area (Å²) in [6, 6.07) is 10.2. The molecule has 2 amide bonds. The van der Waals surface area contributed by atoms with Gasteiger partial charge in [-0.1, -0.05) is 23.5 Å². The van der Waals surface area contributed by atoms with E-state index in [1.54, 1.807) is 29.4 Å². The quantitative estimate of drug-likeness (QED) is 0.490. The van der Waals surface area contributed by atoms with Crippen molar-refractivity contribution in [2.45, 2.75) is 6.42 Å². The summed E-state index contributed by atoms with van der Waals surface area (Å²) in [6.07, 6.45) is 4.28. The molecule has 1 fully saturated rings. The number of nitrogens with zero attached hydrogens (tertiary/aromatic N) is 3. The minimum Gasteiger partial charge on any atom is -0.379 e. The first-order valence-corrected chi connectivity index (χ1v) is 11.7. The number of aromatic nitrogens is 2. The predicted octanol–water partition coefficient (Wildman–Crippen LogP) is 3.25. The fourth-order valence-electron chi connectivity index (χ4n) is 3.67. The first-order chi connectivity index (χ1) is 16.1. The molecule has 174 valence electrons. The van der Waals surface area contributed by atoms with Crippen molar-refractivity contribution >= 4 is 28.3 Å². The molecule has 0 saturated carbocycles. The molecular formula is C23H27FN6O2S. The van der Waals surface area contributed by atoms with Crippen molar-refractivity contribution in [3.63, 3.8) is 0 Å². The Kier molecular flexibility index (Phi) is 7.82. The van der Waals surface area contributed by atoms with Crippen LogP contribution < -0.4 is 16.4 Å². The van der Waals surface area contributed by atoms with Gasteiger partial charge >= 0.3 is 6.03 Å². The number of nitrogens with one attached hydrogen (secondary N) is 2. The second kappa shape index (κ2) is 11.2. The van der Waals surface area contributed by atoms with Crippen molar-refractivity contribution in [1.82, 2.24) is 20.2 Å². The highest BCUT2D eigenvalue weighted by molar-refractivity contribution is 7.18. The van der Waals surface area contributed by atoms with Gasteiger partial charge in [-0.2, -0.15) is 0 Å². The normalized spacial score (nSPS) is 16.3. The molecule has 1 saturated heterocycles. The lowest BCUT2D eigenvalue weighted by Gasteiger charge is -2.24. The number of thiazole rings is 1. The smallest absolute Gasteiger partial charge is 0.317 e. The third-order valence-corrected chi connectivity index (χ3v) is 6.23. The summed E-state index contributed by atoms with van der Waals surface area (Å²) < 4.78 is 18.9. The van der Waals surface area contributed by atoms with E-state index in [4.69, 9.17) is 10.5 Å². The average Bonchev–Trinajstić information content (AvgIpc) is 3.15. The Morgan fingerprint density at radius 2 is 2.12 bits per heavy atom. The minimum atomic E-state index is -0.263. The first kappa shape index (κ1) is 23.1. The van der Waals surface area contributed by atoms with Gasteiger partial charge < -0.3 is 26.0 Å². The van der Waals surface area contributed by atoms with Crippen molar-refractivity contribution in [3.05, 3.63) is 60.2 Å². The Hall–Kier alpha value is -3.08. The lowest BCUT2D eigenvalue weighted by atomic mass is 10.0. The number of ether oxygens (including phenoxy) is 1. The number of rotatable bonds is 7. The van der Waals surface area contributed by atoms with Crippen molar-refractivity contribution in [3.8, 4) is 10.4 Å². The summed E-state index contributed by atoms with van der Waals surface area (Å²) >= 11 is 1.48. The number of hydrogen-bond donors (Lipinski definition) is 3. The Morgan fingerprint density at radius 3 is 2.94 bits per heavy atom. The van der Waals surface area contributed by atoms with E-state index in [1.165, 1.54) is 23.5 Å². The molecular weight excluding hydrogens is 443 g/mol. The molecule has 10 heteroatoms. The molecule has 1 atom stereocenters. The Balaban J connectivity index is 1.38. The molecule has 3 aromatic rings. The van der Waals surface area contributed by atoms with Crippen LogP contribution >= 0.6 is 11.3 Å². The molecule has 0 aliphatic carbocycles. The van der Waals surface area contributed by atoms with Gasteiger partial charge in [-0.25, -0.2) is 19.2 Å². The molecule has 1 aromatic carbocycles. The van der Waals surface area contributed by atoms with E-state index in [-0.39, 0.29) is 17.8 Å². The maximum atomic E-state index is 13.2. The Morgan fingerprint density at radius 1 is 1.27 bits per heavy atom. The van der Waals surface area contributed by atoms with Gasteiger partial charge in [-0.3, -0.25) is 0 Å². The summed E-state index contributed by atoms with van der Waals surface area (Å²) in [5.41, 5.74) is 7.50. The number of amides is 2. The monoisotopic (exact) mass is 470 g/mol. The van der Waals surface area contributed by atoms with Gasteiger partial charge in [0.2, 0.25) is 0 Å². The zero-order chi connectivity index (χ0) is 23.0. The van der Waals surface area contributed by atoms with Crippen LogP contribution in [0.3, 0.4) is 0 Å². The molecule has 4 N–H and O–H groups in total.